The van der Waals surface area contributed by atoms with Crippen molar-refractivity contribution in [3.63, 3.8) is 0 Å². The van der Waals surface area contributed by atoms with Gasteiger partial charge in [-0.1, -0.05) is 11.8 Å². The fourth-order valence-corrected chi connectivity index (χ4v) is 4.51. The number of nitrogens with zero attached hydrogens (tertiary/aromatic N) is 5. The van der Waals surface area contributed by atoms with E-state index in [0.717, 1.165) is 17.0 Å². The van der Waals surface area contributed by atoms with Crippen molar-refractivity contribution in [1.29, 1.82) is 0 Å². The number of carbonyl (C=O) groups excluding carboxylic acids is 1. The fraction of sp³-hybridized carbons (Fsp3) is 0.160. The number of rotatable bonds is 10. The zero-order valence-electron chi connectivity index (χ0n) is 20.0. The van der Waals surface area contributed by atoms with E-state index < -0.39 is 0 Å². The molecule has 190 valence electrons. The molecule has 0 aliphatic heterocycles. The van der Waals surface area contributed by atoms with Crippen LogP contribution in [-0.2, 0) is 4.79 Å². The van der Waals surface area contributed by atoms with Gasteiger partial charge in [-0.15, -0.1) is 10.2 Å². The molecule has 2 heterocycles. The molecule has 1 amide bonds. The molecule has 0 saturated heterocycles. The van der Waals surface area contributed by atoms with Crippen LogP contribution in [0.4, 0.5) is 0 Å². The maximum absolute atomic E-state index is 12.5. The first-order chi connectivity index (χ1) is 18.0. The lowest BCUT2D eigenvalue weighted by Gasteiger charge is -2.11. The van der Waals surface area contributed by atoms with Crippen LogP contribution in [0.25, 0.3) is 17.1 Å². The quantitative estimate of drug-likeness (QED) is 0.160. The zero-order valence-corrected chi connectivity index (χ0v) is 22.4. The van der Waals surface area contributed by atoms with Crippen molar-refractivity contribution in [2.24, 2.45) is 5.10 Å². The van der Waals surface area contributed by atoms with Crippen LogP contribution in [-0.4, -0.2) is 56.4 Å². The second kappa shape index (κ2) is 12.4. The first-order valence-corrected chi connectivity index (χ1v) is 12.9. The van der Waals surface area contributed by atoms with Crippen molar-refractivity contribution in [2.75, 3.05) is 19.5 Å². The average Bonchev–Trinajstić information content (AvgIpc) is 3.34. The van der Waals surface area contributed by atoms with Crippen LogP contribution >= 0.6 is 27.7 Å². The number of halogens is 1. The Morgan fingerprint density at radius 1 is 1.24 bits per heavy atom. The zero-order chi connectivity index (χ0) is 26.2. The van der Waals surface area contributed by atoms with Gasteiger partial charge < -0.3 is 14.6 Å². The summed E-state index contributed by atoms with van der Waals surface area (Å²) < 4.78 is 13.0. The normalized spacial score (nSPS) is 11.0. The van der Waals surface area contributed by atoms with Crippen LogP contribution < -0.4 is 14.9 Å². The Kier molecular flexibility index (Phi) is 8.75. The summed E-state index contributed by atoms with van der Waals surface area (Å²) in [6.07, 6.45) is 4.86. The molecule has 0 unspecified atom stereocenters. The number of hydrazone groups is 1. The number of hydrogen-bond acceptors (Lipinski definition) is 9. The van der Waals surface area contributed by atoms with Gasteiger partial charge in [0.15, 0.2) is 22.5 Å². The Morgan fingerprint density at radius 2 is 2.05 bits per heavy atom. The number of benzene rings is 2. The van der Waals surface area contributed by atoms with Gasteiger partial charge in [-0.3, -0.25) is 14.3 Å². The van der Waals surface area contributed by atoms with E-state index >= 15 is 0 Å². The number of nitrogens with one attached hydrogen (secondary N) is 1. The van der Waals surface area contributed by atoms with E-state index in [0.29, 0.717) is 27.6 Å². The molecule has 0 aliphatic carbocycles. The molecule has 2 N–H and O–H groups in total. The number of phenolic OH excluding ortho intramolecular Hbond substituents is 1. The molecule has 4 rings (SSSR count). The van der Waals surface area contributed by atoms with Crippen molar-refractivity contribution in [3.8, 4) is 34.3 Å². The fourth-order valence-electron chi connectivity index (χ4n) is 3.30. The smallest absolute Gasteiger partial charge is 0.250 e. The molecule has 0 spiro atoms. The summed E-state index contributed by atoms with van der Waals surface area (Å²) >= 11 is 4.49. The summed E-state index contributed by atoms with van der Waals surface area (Å²) in [6.45, 7) is 2.50. The second-order valence-electron chi connectivity index (χ2n) is 7.45. The lowest BCUT2D eigenvalue weighted by molar-refractivity contribution is -0.118. The maximum Gasteiger partial charge on any atom is 0.250 e. The van der Waals surface area contributed by atoms with Crippen molar-refractivity contribution < 1.29 is 19.4 Å². The third kappa shape index (κ3) is 6.46. The minimum Gasteiger partial charge on any atom is -0.503 e. The molecule has 2 aromatic carbocycles. The minimum atomic E-state index is -0.324. The highest BCUT2D eigenvalue weighted by Crippen LogP contribution is 2.34. The predicted octanol–water partition coefficient (Wildman–Crippen LogP) is 4.45. The van der Waals surface area contributed by atoms with Crippen LogP contribution in [0.3, 0.4) is 0 Å². The van der Waals surface area contributed by atoms with Gasteiger partial charge in [-0.2, -0.15) is 5.10 Å². The highest BCUT2D eigenvalue weighted by atomic mass is 79.9. The molecule has 0 saturated carbocycles. The molecule has 0 atom stereocenters. The van der Waals surface area contributed by atoms with Gasteiger partial charge in [0.1, 0.15) is 5.75 Å². The van der Waals surface area contributed by atoms with Gasteiger partial charge in [0.25, 0.3) is 5.91 Å². The van der Waals surface area contributed by atoms with Gasteiger partial charge in [0, 0.05) is 23.6 Å². The van der Waals surface area contributed by atoms with Crippen molar-refractivity contribution in [3.05, 3.63) is 71.0 Å². The topological polar surface area (TPSA) is 124 Å². The number of methoxy groups -OCH3 is 1. The van der Waals surface area contributed by atoms with E-state index in [9.17, 15) is 9.90 Å². The molecular weight excluding hydrogens is 560 g/mol. The first-order valence-electron chi connectivity index (χ1n) is 11.1. The van der Waals surface area contributed by atoms with Crippen LogP contribution in [0.5, 0.6) is 17.2 Å². The lowest BCUT2D eigenvalue weighted by Crippen LogP contribution is -2.20. The number of amides is 1. The number of aromatic nitrogens is 4. The number of aromatic hydroxyl groups is 1. The van der Waals surface area contributed by atoms with Gasteiger partial charge in [0.05, 0.1) is 30.2 Å². The summed E-state index contributed by atoms with van der Waals surface area (Å²) in [5, 5.41) is 23.1. The molecule has 0 fully saturated rings. The van der Waals surface area contributed by atoms with Crippen molar-refractivity contribution >= 4 is 39.8 Å². The monoisotopic (exact) mass is 582 g/mol. The lowest BCUT2D eigenvalue weighted by atomic mass is 10.2. The molecule has 2 aromatic heterocycles. The highest BCUT2D eigenvalue weighted by molar-refractivity contribution is 9.10. The molecule has 12 heteroatoms. The SMILES string of the molecule is CCOc1ccc(-n2c(SCC(=O)NN=Cc3cc(Br)c(O)c(OC)c3)nnc2-c2cccnc2)cc1. The number of carbonyl (C=O) groups is 1. The third-order valence-electron chi connectivity index (χ3n) is 4.96. The number of ether oxygens (including phenoxy) is 2. The van der Waals surface area contributed by atoms with E-state index in [1.807, 2.05) is 47.9 Å². The Labute approximate surface area is 225 Å². The largest absolute Gasteiger partial charge is 0.503 e. The average molecular weight is 583 g/mol. The Hall–Kier alpha value is -3.90. The van der Waals surface area contributed by atoms with Crippen molar-refractivity contribution in [1.82, 2.24) is 25.2 Å². The van der Waals surface area contributed by atoms with E-state index in [1.165, 1.54) is 25.1 Å². The van der Waals surface area contributed by atoms with Crippen LogP contribution in [0, 0.1) is 0 Å². The summed E-state index contributed by atoms with van der Waals surface area (Å²) in [5.74, 6) is 1.37. The molecule has 10 nitrogen and oxygen atoms in total. The summed E-state index contributed by atoms with van der Waals surface area (Å²) in [6, 6.07) is 14.5. The maximum atomic E-state index is 12.5. The van der Waals surface area contributed by atoms with Crippen LogP contribution in [0.2, 0.25) is 0 Å². The Bertz CT molecular complexity index is 1400. The van der Waals surface area contributed by atoms with Crippen LogP contribution in [0.15, 0.2) is 75.7 Å². The van der Waals surface area contributed by atoms with Gasteiger partial charge in [0.2, 0.25) is 0 Å². The van der Waals surface area contributed by atoms with E-state index in [1.54, 1.807) is 24.5 Å². The minimum absolute atomic E-state index is 0.0117. The molecule has 0 bridgehead atoms. The standard InChI is InChI=1S/C25H23BrN6O4S/c1-3-36-19-8-6-18(7-9-19)32-24(17-5-4-10-27-14-17)30-31-25(32)37-15-22(33)29-28-13-16-11-20(26)23(34)21(12-16)35-2/h4-14,34H,3,15H2,1-2H3,(H,29,33). The molecular formula is C25H23BrN6O4S. The van der Waals surface area contributed by atoms with Crippen molar-refractivity contribution in [2.45, 2.75) is 12.1 Å². The van der Waals surface area contributed by atoms with Crippen LogP contribution in [0.1, 0.15) is 12.5 Å². The summed E-state index contributed by atoms with van der Waals surface area (Å²) in [5.41, 5.74) is 4.74. The number of thioether (sulfide) groups is 1. The van der Waals surface area contributed by atoms with E-state index in [4.69, 9.17) is 9.47 Å². The number of phenols is 1. The Balaban J connectivity index is 1.49. The number of pyridine rings is 1. The molecule has 0 radical (unpaired) electrons. The third-order valence-corrected chi connectivity index (χ3v) is 6.50. The predicted molar refractivity (Wildman–Crippen MR) is 145 cm³/mol. The van der Waals surface area contributed by atoms with E-state index in [2.05, 4.69) is 41.6 Å². The second-order valence-corrected chi connectivity index (χ2v) is 9.24. The number of hydrogen-bond donors (Lipinski definition) is 2. The first kappa shape index (κ1) is 26.2. The Morgan fingerprint density at radius 3 is 2.76 bits per heavy atom. The molecule has 0 aliphatic rings. The van der Waals surface area contributed by atoms with Gasteiger partial charge in [-0.05, 0) is 76.9 Å². The summed E-state index contributed by atoms with van der Waals surface area (Å²) in [7, 11) is 1.45. The van der Waals surface area contributed by atoms with Gasteiger partial charge >= 0.3 is 0 Å². The molecule has 37 heavy (non-hydrogen) atoms. The van der Waals surface area contributed by atoms with E-state index in [-0.39, 0.29) is 23.2 Å². The summed E-state index contributed by atoms with van der Waals surface area (Å²) in [4.78, 5) is 16.7. The highest BCUT2D eigenvalue weighted by Gasteiger charge is 2.17. The molecule has 4 aromatic rings. The van der Waals surface area contributed by atoms with Gasteiger partial charge in [-0.25, -0.2) is 5.43 Å².